The number of aryl methyl sites for hydroxylation is 1. The van der Waals surface area contributed by atoms with Gasteiger partial charge >= 0.3 is 136 Å². The predicted molar refractivity (Wildman–Crippen MR) is 91.8 cm³/mol. The Kier molecular flexibility index (Phi) is 3.72. The Morgan fingerprint density at radius 3 is 2.48 bits per heavy atom. The maximum absolute atomic E-state index is 7.42. The van der Waals surface area contributed by atoms with Crippen LogP contribution in [0.25, 0.3) is 6.08 Å². The molecule has 0 saturated heterocycles. The Morgan fingerprint density at radius 2 is 1.86 bits per heavy atom. The number of rotatable bonds is 3. The minimum atomic E-state index is -4.12. The van der Waals surface area contributed by atoms with Gasteiger partial charge < -0.3 is 0 Å². The van der Waals surface area contributed by atoms with Gasteiger partial charge in [0.2, 0.25) is 0 Å². The molecular weight excluding hydrogens is 378 g/mol. The topological polar surface area (TPSA) is 0 Å². The van der Waals surface area contributed by atoms with Gasteiger partial charge in [-0.3, -0.25) is 0 Å². The van der Waals surface area contributed by atoms with Gasteiger partial charge in [-0.05, 0) is 0 Å². The van der Waals surface area contributed by atoms with Gasteiger partial charge in [-0.25, -0.2) is 0 Å². The average molecular weight is 399 g/mol. The van der Waals surface area contributed by atoms with E-state index in [4.69, 9.17) is 17.0 Å². The van der Waals surface area contributed by atoms with E-state index in [0.29, 0.717) is 0 Å². The summed E-state index contributed by atoms with van der Waals surface area (Å²) in [4.78, 5) is 0. The second-order valence-electron chi connectivity index (χ2n) is 6.55. The fourth-order valence-corrected chi connectivity index (χ4v) is 17.5. The van der Waals surface area contributed by atoms with Crippen LogP contribution in [0.4, 0.5) is 0 Å². The van der Waals surface area contributed by atoms with Crippen molar-refractivity contribution in [2.24, 2.45) is 0 Å². The van der Waals surface area contributed by atoms with Gasteiger partial charge in [0.1, 0.15) is 0 Å². The summed E-state index contributed by atoms with van der Waals surface area (Å²) in [5.41, 5.74) is 3.86. The molecule has 0 aliphatic heterocycles. The van der Waals surface area contributed by atoms with Crippen LogP contribution in [0.5, 0.6) is 0 Å². The number of hydrogen-bond acceptors (Lipinski definition) is 0. The summed E-state index contributed by atoms with van der Waals surface area (Å²) in [7, 11) is 14.8. The van der Waals surface area contributed by atoms with E-state index >= 15 is 0 Å². The van der Waals surface area contributed by atoms with Crippen molar-refractivity contribution in [1.29, 1.82) is 0 Å². The van der Waals surface area contributed by atoms with E-state index in [2.05, 4.69) is 75.4 Å². The van der Waals surface area contributed by atoms with Crippen molar-refractivity contribution in [3.05, 3.63) is 65.3 Å². The molecule has 1 aromatic carbocycles. The van der Waals surface area contributed by atoms with Crippen molar-refractivity contribution in [2.75, 3.05) is 0 Å². The van der Waals surface area contributed by atoms with E-state index in [1.165, 1.54) is 16.7 Å². The summed E-state index contributed by atoms with van der Waals surface area (Å²) < 4.78 is 0.867. The third kappa shape index (κ3) is 2.04. The fraction of sp³-hybridized carbons (Fsp3) is 0.333. The average Bonchev–Trinajstić information content (AvgIpc) is 3.09. The fourth-order valence-electron chi connectivity index (χ4n) is 3.84. The normalized spacial score (nSPS) is 26.0. The van der Waals surface area contributed by atoms with Gasteiger partial charge in [-0.1, -0.05) is 0 Å². The monoisotopic (exact) mass is 397 g/mol. The first-order chi connectivity index (χ1) is 9.81. The molecule has 1 aromatic rings. The zero-order valence-corrected chi connectivity index (χ0v) is 16.7. The molecule has 3 rings (SSSR count). The first-order valence-corrected chi connectivity index (χ1v) is 18.3. The molecule has 0 N–H and O–H groups in total. The van der Waals surface area contributed by atoms with Gasteiger partial charge in [0.25, 0.3) is 0 Å². The number of halogens is 2. The molecule has 3 heteroatoms. The molecule has 111 valence electrons. The SMILES string of the molecule is C[CH2][Zr]([Cl])([Cl])([CH]1C=CC=C1)[C]1(C)C=Cc2cc(C)ccc21. The number of allylic oxidation sites excluding steroid dienone is 5. The van der Waals surface area contributed by atoms with Crippen molar-refractivity contribution in [3.8, 4) is 0 Å². The Morgan fingerprint density at radius 1 is 1.19 bits per heavy atom. The van der Waals surface area contributed by atoms with Crippen LogP contribution in [0.3, 0.4) is 0 Å². The van der Waals surface area contributed by atoms with E-state index in [1.54, 1.807) is 0 Å². The first kappa shape index (κ1) is 15.8. The van der Waals surface area contributed by atoms with Crippen LogP contribution >= 0.6 is 17.0 Å². The predicted octanol–water partition coefficient (Wildman–Crippen LogP) is 6.59. The second-order valence-corrected chi connectivity index (χ2v) is 30.1. The molecule has 0 spiro atoms. The van der Waals surface area contributed by atoms with Crippen molar-refractivity contribution in [3.63, 3.8) is 0 Å². The second kappa shape index (κ2) is 4.95. The Balaban J connectivity index is 2.21. The van der Waals surface area contributed by atoms with Crippen molar-refractivity contribution in [1.82, 2.24) is 0 Å². The van der Waals surface area contributed by atoms with Gasteiger partial charge in [0.15, 0.2) is 0 Å². The minimum absolute atomic E-state index is 0.210. The molecule has 0 amide bonds. The van der Waals surface area contributed by atoms with Crippen LogP contribution in [-0.4, -0.2) is 0 Å². The molecule has 0 radical (unpaired) electrons. The quantitative estimate of drug-likeness (QED) is 0.538. The molecule has 0 bridgehead atoms. The Bertz CT molecular complexity index is 672. The zero-order valence-electron chi connectivity index (χ0n) is 12.7. The molecule has 0 saturated carbocycles. The molecule has 2 aliphatic rings. The maximum atomic E-state index is 7.42. The molecular formula is C18H21Cl2Zr. The van der Waals surface area contributed by atoms with Crippen LogP contribution in [0.2, 0.25) is 7.75 Å². The van der Waals surface area contributed by atoms with Crippen LogP contribution < -0.4 is 0 Å². The van der Waals surface area contributed by atoms with Gasteiger partial charge in [-0.15, -0.1) is 0 Å². The number of hydrogen-bond donors (Lipinski definition) is 0. The molecule has 0 heterocycles. The van der Waals surface area contributed by atoms with Gasteiger partial charge in [0, 0.05) is 0 Å². The summed E-state index contributed by atoms with van der Waals surface area (Å²) in [6, 6.07) is 6.63. The van der Waals surface area contributed by atoms with E-state index < -0.39 is 16.4 Å². The first-order valence-electron chi connectivity index (χ1n) is 7.54. The summed E-state index contributed by atoms with van der Waals surface area (Å²) in [5.74, 6) is 0. The molecule has 0 nitrogen and oxygen atoms in total. The summed E-state index contributed by atoms with van der Waals surface area (Å²) in [5, 5.41) is 0. The van der Waals surface area contributed by atoms with Gasteiger partial charge in [0.05, 0.1) is 0 Å². The van der Waals surface area contributed by atoms with Crippen LogP contribution in [0, 0.1) is 6.92 Å². The van der Waals surface area contributed by atoms with E-state index in [-0.39, 0.29) is 6.75 Å². The van der Waals surface area contributed by atoms with Crippen LogP contribution in [-0.2, 0) is 19.5 Å². The third-order valence-corrected chi connectivity index (χ3v) is 29.9. The Labute approximate surface area is 135 Å². The van der Waals surface area contributed by atoms with E-state index in [9.17, 15) is 0 Å². The molecule has 1 atom stereocenters. The van der Waals surface area contributed by atoms with Gasteiger partial charge in [-0.2, -0.15) is 0 Å². The van der Waals surface area contributed by atoms with Crippen LogP contribution in [0.1, 0.15) is 30.5 Å². The number of benzene rings is 1. The zero-order chi connectivity index (χ0) is 15.3. The standard InChI is InChI=1S/C11H11.C5H5.C2H5.2ClH.Zr/c1-8-3-6-11-9(2)4-5-10(11)7-8;1-2-4-5-3-1;1-2;;;/h3-7H,1-2H3;1-5H;1H2,2H3;2*1H;/q;;;;;+2/p-2. The molecule has 2 aliphatic carbocycles. The van der Waals surface area contributed by atoms with Crippen LogP contribution in [0.15, 0.2) is 48.6 Å². The van der Waals surface area contributed by atoms with Crippen molar-refractivity contribution < 1.29 is 16.4 Å². The van der Waals surface area contributed by atoms with Crippen molar-refractivity contribution in [2.45, 2.75) is 31.6 Å². The van der Waals surface area contributed by atoms with Crippen molar-refractivity contribution >= 4 is 23.1 Å². The molecule has 1 unspecified atom stereocenters. The summed E-state index contributed by atoms with van der Waals surface area (Å²) >= 11 is -4.12. The Hall–Kier alpha value is -0.0969. The van der Waals surface area contributed by atoms with E-state index in [0.717, 1.165) is 4.13 Å². The van der Waals surface area contributed by atoms with E-state index in [1.807, 2.05) is 0 Å². The molecule has 0 aromatic heterocycles. The third-order valence-electron chi connectivity index (χ3n) is 5.47. The summed E-state index contributed by atoms with van der Waals surface area (Å²) in [6.07, 6.45) is 13.0. The molecule has 0 fully saturated rings. The molecule has 21 heavy (non-hydrogen) atoms. The number of fused-ring (bicyclic) bond motifs is 1. The summed E-state index contributed by atoms with van der Waals surface area (Å²) in [6.45, 7) is 6.54.